The molecule has 0 saturated heterocycles. The third-order valence-electron chi connectivity index (χ3n) is 0.140. The van der Waals surface area contributed by atoms with Gasteiger partial charge in [0.15, 0.2) is 4.31 Å². The third-order valence-corrected chi connectivity index (χ3v) is 1.26. The summed E-state index contributed by atoms with van der Waals surface area (Å²) < 4.78 is 22.2. The average Bonchev–Trinajstić information content (AvgIpc) is 1.62. The van der Waals surface area contributed by atoms with E-state index in [9.17, 15) is 9.13 Å². The molecule has 0 aromatic rings. The normalized spacial score (nSPS) is 11.2. The highest BCUT2D eigenvalue weighted by atomic mass is 35.5. The number of rotatable bonds is 2. The summed E-state index contributed by atoms with van der Waals surface area (Å²) in [6.45, 7) is 0. The van der Waals surface area contributed by atoms with E-state index in [4.69, 9.17) is 33.0 Å². The van der Waals surface area contributed by atoms with Crippen molar-refractivity contribution < 1.29 is 23.2 Å². The van der Waals surface area contributed by atoms with Gasteiger partial charge in [-0.05, 0) is 0 Å². The van der Waals surface area contributed by atoms with Crippen LogP contribution >= 0.6 is 39.7 Å². The smallest absolute Gasteiger partial charge is 0.131 e. The molecule has 10 heavy (non-hydrogen) atoms. The summed E-state index contributed by atoms with van der Waals surface area (Å²) in [6.07, 6.45) is 0. The lowest BCUT2D eigenvalue weighted by Gasteiger charge is -1.50. The van der Waals surface area contributed by atoms with Crippen LogP contribution < -0.4 is 0 Å². The fourth-order valence-corrected chi connectivity index (χ4v) is 0.538. The molecule has 0 saturated carbocycles. The molecular weight excluding hydrogens is 225 g/mol. The van der Waals surface area contributed by atoms with Gasteiger partial charge in [0, 0.05) is 9.13 Å². The van der Waals surface area contributed by atoms with Crippen molar-refractivity contribution in [1.29, 1.82) is 0 Å². The molecule has 60 valence electrons. The van der Waals surface area contributed by atoms with Gasteiger partial charge in [-0.2, -0.15) is 0 Å². The lowest BCUT2D eigenvalue weighted by atomic mass is 11.9. The van der Waals surface area contributed by atoms with Crippen LogP contribution in [-0.4, -0.2) is 15.1 Å². The zero-order valence-electron chi connectivity index (χ0n) is 4.48. The molecule has 0 bridgehead atoms. The van der Waals surface area contributed by atoms with Crippen LogP contribution in [-0.2, 0) is 13.4 Å². The first-order chi connectivity index (χ1) is 4.54. The molecule has 0 fully saturated rings. The van der Waals surface area contributed by atoms with Gasteiger partial charge >= 0.3 is 16.5 Å². The summed E-state index contributed by atoms with van der Waals surface area (Å²) in [6, 6.07) is 0. The molecule has 0 aliphatic carbocycles. The molecule has 0 aromatic heterocycles. The van der Waals surface area contributed by atoms with Gasteiger partial charge in [0.25, 0.3) is 0 Å². The summed E-state index contributed by atoms with van der Waals surface area (Å²) in [4.78, 5) is 15.3. The maximum Gasteiger partial charge on any atom is 0.745 e. The predicted molar refractivity (Wildman–Crippen MR) is 37.3 cm³/mol. The van der Waals surface area contributed by atoms with E-state index in [1.54, 1.807) is 0 Å². The van der Waals surface area contributed by atoms with Crippen molar-refractivity contribution in [3.8, 4) is 0 Å². The minimum Gasteiger partial charge on any atom is -0.131 e. The molecule has 0 aliphatic rings. The molecule has 0 rings (SSSR count). The molecule has 2 unspecified atom stereocenters. The van der Waals surface area contributed by atoms with Gasteiger partial charge in [0.05, 0.1) is 5.34 Å². The standard InChI is InChI=1S/CH2Cl2.O5P2/c2-1-3;1-6(2)5-7(3)4/h1H2;/p+2. The Bertz CT molecular complexity index is 104. The van der Waals surface area contributed by atoms with Crippen molar-refractivity contribution in [3.63, 3.8) is 0 Å². The Labute approximate surface area is 68.8 Å². The van der Waals surface area contributed by atoms with Crippen LogP contribution in [0.4, 0.5) is 0 Å². The molecule has 0 heterocycles. The first-order valence-electron chi connectivity index (χ1n) is 1.66. The summed E-state index contributed by atoms with van der Waals surface area (Å²) >= 11 is 9.53. The lowest BCUT2D eigenvalue weighted by molar-refractivity contribution is 0.371. The van der Waals surface area contributed by atoms with Gasteiger partial charge in [0.1, 0.15) is 0 Å². The van der Waals surface area contributed by atoms with Crippen LogP contribution in [0.3, 0.4) is 0 Å². The van der Waals surface area contributed by atoms with Gasteiger partial charge in [0.2, 0.25) is 0 Å². The largest absolute Gasteiger partial charge is 0.745 e. The average molecular weight is 229 g/mol. The molecule has 0 aromatic carbocycles. The van der Waals surface area contributed by atoms with Crippen molar-refractivity contribution in [2.24, 2.45) is 0 Å². The van der Waals surface area contributed by atoms with E-state index in [1.807, 2.05) is 0 Å². The zero-order valence-corrected chi connectivity index (χ0v) is 7.78. The molecule has 0 radical (unpaired) electrons. The third kappa shape index (κ3) is 23.4. The molecule has 0 spiro atoms. The van der Waals surface area contributed by atoms with Gasteiger partial charge in [-0.1, -0.05) is 0 Å². The SMILES string of the molecule is ClCCl.O=[P+](O)O[P+](=O)O. The number of alkyl halides is 2. The fraction of sp³-hybridized carbons (Fsp3) is 1.00. The number of hydrogen-bond acceptors (Lipinski definition) is 3. The minimum atomic E-state index is -2.92. The molecule has 9 heteroatoms. The van der Waals surface area contributed by atoms with E-state index in [0.29, 0.717) is 0 Å². The van der Waals surface area contributed by atoms with Gasteiger partial charge < -0.3 is 0 Å². The predicted octanol–water partition coefficient (Wildman–Crippen LogP) is 1.72. The lowest BCUT2D eigenvalue weighted by Crippen LogP contribution is -1.58. The molecule has 0 aliphatic heterocycles. The Morgan fingerprint density at radius 3 is 1.40 bits per heavy atom. The van der Waals surface area contributed by atoms with E-state index >= 15 is 0 Å². The Morgan fingerprint density at radius 2 is 1.40 bits per heavy atom. The molecule has 0 amide bonds. The number of hydrogen-bond donors (Lipinski definition) is 2. The van der Waals surface area contributed by atoms with Gasteiger partial charge in [-0.3, -0.25) is 0 Å². The summed E-state index contributed by atoms with van der Waals surface area (Å²) in [5.74, 6) is 0. The first kappa shape index (κ1) is 13.3. The molecule has 5 nitrogen and oxygen atoms in total. The van der Waals surface area contributed by atoms with Crippen molar-refractivity contribution in [2.45, 2.75) is 0 Å². The minimum absolute atomic E-state index is 0.194. The Morgan fingerprint density at radius 1 is 1.20 bits per heavy atom. The topological polar surface area (TPSA) is 83.8 Å². The van der Waals surface area contributed by atoms with Gasteiger partial charge in [-0.15, -0.1) is 33.0 Å². The van der Waals surface area contributed by atoms with Crippen LogP contribution in [0, 0.1) is 0 Å². The Balaban J connectivity index is 0. The second-order valence-electron chi connectivity index (χ2n) is 0.658. The molecular formula is CH4Cl2O5P2+2. The van der Waals surface area contributed by atoms with Crippen LogP contribution in [0.5, 0.6) is 0 Å². The highest BCUT2D eigenvalue weighted by Crippen LogP contribution is 2.30. The van der Waals surface area contributed by atoms with Crippen molar-refractivity contribution in [3.05, 3.63) is 0 Å². The summed E-state index contributed by atoms with van der Waals surface area (Å²) in [7, 11) is -5.85. The quantitative estimate of drug-likeness (QED) is 0.556. The molecule has 2 atom stereocenters. The first-order valence-corrected chi connectivity index (χ1v) is 4.99. The molecule has 2 N–H and O–H groups in total. The van der Waals surface area contributed by atoms with Crippen molar-refractivity contribution in [2.75, 3.05) is 5.34 Å². The van der Waals surface area contributed by atoms with E-state index in [0.717, 1.165) is 0 Å². The van der Waals surface area contributed by atoms with E-state index in [-0.39, 0.29) is 5.34 Å². The number of halogens is 2. The van der Waals surface area contributed by atoms with E-state index < -0.39 is 16.5 Å². The highest BCUT2D eigenvalue weighted by Gasteiger charge is 2.31. The maximum absolute atomic E-state index is 9.39. The van der Waals surface area contributed by atoms with Crippen LogP contribution in [0.2, 0.25) is 0 Å². The Kier molecular flexibility index (Phi) is 12.8. The maximum atomic E-state index is 9.39. The summed E-state index contributed by atoms with van der Waals surface area (Å²) in [5.41, 5.74) is 0. The zero-order chi connectivity index (χ0) is 8.57. The highest BCUT2D eigenvalue weighted by molar-refractivity contribution is 7.46. The van der Waals surface area contributed by atoms with Crippen LogP contribution in [0.25, 0.3) is 0 Å². The second-order valence-corrected chi connectivity index (χ2v) is 3.07. The van der Waals surface area contributed by atoms with E-state index in [2.05, 4.69) is 4.31 Å². The summed E-state index contributed by atoms with van der Waals surface area (Å²) in [5, 5.41) is 0.194. The second kappa shape index (κ2) is 9.66. The van der Waals surface area contributed by atoms with E-state index in [1.165, 1.54) is 0 Å². The monoisotopic (exact) mass is 228 g/mol. The van der Waals surface area contributed by atoms with Crippen molar-refractivity contribution >= 4 is 39.7 Å². The van der Waals surface area contributed by atoms with Crippen LogP contribution in [0.1, 0.15) is 0 Å². The fourth-order valence-electron chi connectivity index (χ4n) is 0.0598. The van der Waals surface area contributed by atoms with Crippen LogP contribution in [0.15, 0.2) is 0 Å². The van der Waals surface area contributed by atoms with Gasteiger partial charge in [-0.25, -0.2) is 0 Å². The van der Waals surface area contributed by atoms with Crippen molar-refractivity contribution in [1.82, 2.24) is 0 Å². The Hall–Kier alpha value is 0.660.